The van der Waals surface area contributed by atoms with Crippen LogP contribution in [0.3, 0.4) is 0 Å². The maximum Gasteiger partial charge on any atom is 0.305 e. The number of aldehydes is 1. The Morgan fingerprint density at radius 1 is 0.936 bits per heavy atom. The highest BCUT2D eigenvalue weighted by Crippen LogP contribution is 2.14. The molecule has 0 spiro atoms. The van der Waals surface area contributed by atoms with E-state index in [-0.39, 0.29) is 31.3 Å². The molecular weight excluding hydrogens is 614 g/mol. The van der Waals surface area contributed by atoms with E-state index in [2.05, 4.69) is 31.6 Å². The average molecular weight is 664 g/mol. The number of guanidine groups is 1. The van der Waals surface area contributed by atoms with Crippen molar-refractivity contribution in [2.75, 3.05) is 33.3 Å². The summed E-state index contributed by atoms with van der Waals surface area (Å²) in [7, 11) is 1.55. The molecule has 17 heteroatoms. The van der Waals surface area contributed by atoms with Gasteiger partial charge >= 0.3 is 5.97 Å². The third-order valence-corrected chi connectivity index (χ3v) is 6.85. The van der Waals surface area contributed by atoms with Gasteiger partial charge in [-0.15, -0.1) is 0 Å². The summed E-state index contributed by atoms with van der Waals surface area (Å²) >= 11 is 0. The number of benzene rings is 1. The minimum absolute atomic E-state index is 0.110. The van der Waals surface area contributed by atoms with E-state index in [0.29, 0.717) is 38.0 Å². The Labute approximate surface area is 274 Å². The zero-order chi connectivity index (χ0) is 35.4. The summed E-state index contributed by atoms with van der Waals surface area (Å²) < 4.78 is 5.58. The summed E-state index contributed by atoms with van der Waals surface area (Å²) in [5.74, 6) is -3.99. The van der Waals surface area contributed by atoms with Crippen molar-refractivity contribution >= 4 is 41.8 Å². The minimum atomic E-state index is -1.50. The van der Waals surface area contributed by atoms with Crippen LogP contribution in [0, 0.1) is 5.92 Å². The van der Waals surface area contributed by atoms with E-state index in [4.69, 9.17) is 21.9 Å². The molecule has 47 heavy (non-hydrogen) atoms. The molecule has 1 aromatic rings. The van der Waals surface area contributed by atoms with Crippen LogP contribution in [-0.4, -0.2) is 104 Å². The largest absolute Gasteiger partial charge is 0.494 e. The average Bonchev–Trinajstić information content (AvgIpc) is 3.02. The number of carboxylic acid groups (broad SMARTS) is 1. The van der Waals surface area contributed by atoms with Crippen LogP contribution in [0.4, 0.5) is 0 Å². The molecule has 262 valence electrons. The number of aliphatic carboxylic acids is 1. The quantitative estimate of drug-likeness (QED) is 0.0254. The van der Waals surface area contributed by atoms with Crippen LogP contribution in [-0.2, 0) is 35.2 Å². The first kappa shape index (κ1) is 40.3. The van der Waals surface area contributed by atoms with Crippen molar-refractivity contribution < 1.29 is 38.6 Å². The lowest BCUT2D eigenvalue weighted by Crippen LogP contribution is -2.55. The van der Waals surface area contributed by atoms with Gasteiger partial charge in [-0.3, -0.25) is 29.0 Å². The molecule has 0 saturated heterocycles. The van der Waals surface area contributed by atoms with Gasteiger partial charge < -0.3 is 58.4 Å². The molecular formula is C30H49N9O8. The first-order valence-corrected chi connectivity index (χ1v) is 15.3. The molecule has 0 aliphatic rings. The van der Waals surface area contributed by atoms with Gasteiger partial charge in [-0.1, -0.05) is 26.0 Å². The number of nitrogens with two attached hydrogens (primary N) is 3. The van der Waals surface area contributed by atoms with Crippen molar-refractivity contribution in [3.63, 3.8) is 0 Å². The standard InChI is InChI=1S/C30H49N9O8/c1-18(2)24(17-40)39-28(45)21(6-4-12-35-30(32)33)37-25(41)16-36-27(44)23(15-26(42)43)38-29(46)22(34-3)14-19-7-9-20(10-8-19)47-13-5-11-31/h7-10,17-18,21-24,34H,4-6,11-16,31H2,1-3H3,(H,36,44)(H,37,41)(H,38,46)(H,39,45)(H,42,43)(H4,32,33,35)/t21?,22-,23-,24?/m1/s1. The van der Waals surface area contributed by atoms with Crippen LogP contribution in [0.5, 0.6) is 5.75 Å². The summed E-state index contributed by atoms with van der Waals surface area (Å²) in [4.78, 5) is 78.3. The maximum atomic E-state index is 13.0. The number of aliphatic imine (C=N–C) groups is 1. The fourth-order valence-electron chi connectivity index (χ4n) is 4.14. The molecule has 4 atom stereocenters. The van der Waals surface area contributed by atoms with E-state index in [1.807, 2.05) is 0 Å². The number of carboxylic acids is 1. The maximum absolute atomic E-state index is 13.0. The number of nitrogens with zero attached hydrogens (tertiary/aromatic N) is 1. The Kier molecular flexibility index (Phi) is 18.7. The third kappa shape index (κ3) is 16.4. The number of amides is 4. The van der Waals surface area contributed by atoms with E-state index < -0.39 is 66.7 Å². The van der Waals surface area contributed by atoms with Crippen LogP contribution in [0.15, 0.2) is 29.3 Å². The highest BCUT2D eigenvalue weighted by Gasteiger charge is 2.28. The van der Waals surface area contributed by atoms with Gasteiger partial charge in [0.2, 0.25) is 23.6 Å². The molecule has 4 amide bonds. The summed E-state index contributed by atoms with van der Waals surface area (Å²) in [6.07, 6.45) is 1.20. The number of carbonyl (C=O) groups excluding carboxylic acids is 5. The van der Waals surface area contributed by atoms with Crippen LogP contribution in [0.25, 0.3) is 0 Å². The summed E-state index contributed by atoms with van der Waals surface area (Å²) in [5.41, 5.74) is 16.9. The normalized spacial score (nSPS) is 13.3. The Morgan fingerprint density at radius 3 is 2.15 bits per heavy atom. The third-order valence-electron chi connectivity index (χ3n) is 6.85. The van der Waals surface area contributed by atoms with Gasteiger partial charge in [0.1, 0.15) is 24.1 Å². The predicted molar refractivity (Wildman–Crippen MR) is 174 cm³/mol. The number of carbonyl (C=O) groups is 6. The number of rotatable bonds is 23. The van der Waals surface area contributed by atoms with E-state index in [9.17, 15) is 33.9 Å². The van der Waals surface area contributed by atoms with Gasteiger partial charge in [0.25, 0.3) is 0 Å². The summed E-state index contributed by atoms with van der Waals surface area (Å²) in [6, 6.07) is 2.88. The highest BCUT2D eigenvalue weighted by atomic mass is 16.5. The molecule has 0 radical (unpaired) electrons. The summed E-state index contributed by atoms with van der Waals surface area (Å²) in [5, 5.41) is 22.0. The minimum Gasteiger partial charge on any atom is -0.494 e. The Balaban J connectivity index is 2.86. The first-order chi connectivity index (χ1) is 22.3. The number of hydrogen-bond donors (Lipinski definition) is 9. The van der Waals surface area contributed by atoms with Crippen molar-refractivity contribution in [3.8, 4) is 5.75 Å². The van der Waals surface area contributed by atoms with Crippen molar-refractivity contribution in [2.24, 2.45) is 28.1 Å². The van der Waals surface area contributed by atoms with Crippen molar-refractivity contribution in [2.45, 2.75) is 70.1 Å². The van der Waals surface area contributed by atoms with Crippen LogP contribution in [0.1, 0.15) is 45.1 Å². The number of nitrogens with one attached hydrogen (secondary N) is 5. The lowest BCUT2D eigenvalue weighted by molar-refractivity contribution is -0.141. The Bertz CT molecular complexity index is 1210. The first-order valence-electron chi connectivity index (χ1n) is 15.3. The van der Waals surface area contributed by atoms with E-state index in [1.54, 1.807) is 45.2 Å². The van der Waals surface area contributed by atoms with Crippen LogP contribution < -0.4 is 48.5 Å². The molecule has 17 nitrogen and oxygen atoms in total. The molecule has 12 N–H and O–H groups in total. The van der Waals surface area contributed by atoms with E-state index in [0.717, 1.165) is 5.56 Å². The monoisotopic (exact) mass is 663 g/mol. The molecule has 0 saturated carbocycles. The second-order valence-electron chi connectivity index (χ2n) is 11.0. The highest BCUT2D eigenvalue weighted by molar-refractivity contribution is 5.95. The topological polar surface area (TPSA) is 282 Å². The van der Waals surface area contributed by atoms with Crippen LogP contribution >= 0.6 is 0 Å². The molecule has 2 unspecified atom stereocenters. The number of ether oxygens (including phenoxy) is 1. The Hall–Kier alpha value is -4.77. The molecule has 1 aromatic carbocycles. The molecule has 0 aliphatic heterocycles. The van der Waals surface area contributed by atoms with Crippen LogP contribution in [0.2, 0.25) is 0 Å². The summed E-state index contributed by atoms with van der Waals surface area (Å²) in [6.45, 7) is 4.02. The van der Waals surface area contributed by atoms with Gasteiger partial charge in [0.05, 0.1) is 31.7 Å². The fraction of sp³-hybridized carbons (Fsp3) is 0.567. The number of likely N-dealkylation sites (N-methyl/N-ethyl adjacent to an activating group) is 1. The molecule has 0 aliphatic carbocycles. The SMILES string of the molecule is CN[C@H](Cc1ccc(OCCCN)cc1)C(=O)N[C@H](CC(=O)O)C(=O)NCC(=O)NC(CCCN=C(N)N)C(=O)NC(C=O)C(C)C. The van der Waals surface area contributed by atoms with E-state index >= 15 is 0 Å². The van der Waals surface area contributed by atoms with Crippen molar-refractivity contribution in [1.29, 1.82) is 0 Å². The molecule has 0 bridgehead atoms. The second-order valence-corrected chi connectivity index (χ2v) is 11.0. The predicted octanol–water partition coefficient (Wildman–Crippen LogP) is -2.50. The zero-order valence-electron chi connectivity index (χ0n) is 27.1. The molecule has 1 rings (SSSR count). The lowest BCUT2D eigenvalue weighted by Gasteiger charge is -2.23. The lowest BCUT2D eigenvalue weighted by atomic mass is 10.0. The molecule has 0 heterocycles. The molecule has 0 fully saturated rings. The second kappa shape index (κ2) is 21.9. The van der Waals surface area contributed by atoms with Gasteiger partial charge in [-0.25, -0.2) is 0 Å². The van der Waals surface area contributed by atoms with Gasteiger partial charge in [0, 0.05) is 6.54 Å². The van der Waals surface area contributed by atoms with E-state index in [1.165, 1.54) is 0 Å². The van der Waals surface area contributed by atoms with Gasteiger partial charge in [0.15, 0.2) is 5.96 Å². The van der Waals surface area contributed by atoms with Crippen molar-refractivity contribution in [1.82, 2.24) is 26.6 Å². The van der Waals surface area contributed by atoms with Gasteiger partial charge in [-0.2, -0.15) is 0 Å². The smallest absolute Gasteiger partial charge is 0.305 e. The zero-order valence-corrected chi connectivity index (χ0v) is 27.1. The molecule has 0 aromatic heterocycles. The van der Waals surface area contributed by atoms with Gasteiger partial charge in [-0.05, 0) is 62.9 Å². The Morgan fingerprint density at radius 2 is 1.60 bits per heavy atom. The number of hydrogen-bond acceptors (Lipinski definition) is 10. The fourth-order valence-corrected chi connectivity index (χ4v) is 4.14. The van der Waals surface area contributed by atoms with Crippen molar-refractivity contribution in [3.05, 3.63) is 29.8 Å².